The first kappa shape index (κ1) is 16.5. The van der Waals surface area contributed by atoms with Crippen LogP contribution in [0.15, 0.2) is 48.1 Å². The summed E-state index contributed by atoms with van der Waals surface area (Å²) in [5.74, 6) is 0.712. The molecule has 7 heteroatoms. The first-order valence-corrected chi connectivity index (χ1v) is 9.27. The normalized spacial score (nSPS) is 11.2. The van der Waals surface area contributed by atoms with Crippen molar-refractivity contribution in [3.8, 4) is 5.82 Å². The van der Waals surface area contributed by atoms with E-state index in [-0.39, 0.29) is 12.5 Å². The molecule has 0 saturated heterocycles. The highest BCUT2D eigenvalue weighted by atomic mass is 32.1. The number of carbonyl (C=O) groups excluding carboxylic acids is 1. The smallest absolute Gasteiger partial charge is 0.242 e. The number of rotatable bonds is 5. The molecular formula is C19H19N5OS. The number of hydrogen-bond donors (Lipinski definition) is 1. The molecule has 0 radical (unpaired) electrons. The van der Waals surface area contributed by atoms with E-state index in [4.69, 9.17) is 0 Å². The SMILES string of the molecule is Cc1cc(C)c2c(-n3cccc3)nn(CC(=O)NCc3cccs3)c2n1. The Labute approximate surface area is 155 Å². The van der Waals surface area contributed by atoms with Crippen LogP contribution in [0.3, 0.4) is 0 Å². The molecule has 4 aromatic heterocycles. The summed E-state index contributed by atoms with van der Waals surface area (Å²) in [5.41, 5.74) is 2.74. The zero-order valence-corrected chi connectivity index (χ0v) is 15.5. The van der Waals surface area contributed by atoms with Crippen molar-refractivity contribution >= 4 is 28.3 Å². The van der Waals surface area contributed by atoms with Crippen molar-refractivity contribution in [3.63, 3.8) is 0 Å². The number of thiophene rings is 1. The van der Waals surface area contributed by atoms with E-state index in [1.165, 1.54) is 0 Å². The average molecular weight is 365 g/mol. The Morgan fingerprint density at radius 1 is 1.23 bits per heavy atom. The quantitative estimate of drug-likeness (QED) is 0.591. The van der Waals surface area contributed by atoms with E-state index in [2.05, 4.69) is 15.4 Å². The van der Waals surface area contributed by atoms with Crippen LogP contribution in [0.25, 0.3) is 16.9 Å². The predicted octanol–water partition coefficient (Wildman–Crippen LogP) is 3.22. The fourth-order valence-electron chi connectivity index (χ4n) is 3.05. The van der Waals surface area contributed by atoms with Gasteiger partial charge in [0, 0.05) is 23.0 Å². The third kappa shape index (κ3) is 3.13. The Hall–Kier alpha value is -2.93. The third-order valence-corrected chi connectivity index (χ3v) is 5.07. The van der Waals surface area contributed by atoms with E-state index in [9.17, 15) is 4.79 Å². The van der Waals surface area contributed by atoms with Gasteiger partial charge in [-0.3, -0.25) is 4.79 Å². The van der Waals surface area contributed by atoms with Crippen molar-refractivity contribution in [3.05, 3.63) is 64.2 Å². The van der Waals surface area contributed by atoms with Gasteiger partial charge in [0.05, 0.1) is 11.9 Å². The Morgan fingerprint density at radius 2 is 2.04 bits per heavy atom. The van der Waals surface area contributed by atoms with Crippen LogP contribution in [0.4, 0.5) is 0 Å². The minimum Gasteiger partial charge on any atom is -0.350 e. The van der Waals surface area contributed by atoms with Gasteiger partial charge in [0.15, 0.2) is 11.5 Å². The van der Waals surface area contributed by atoms with Crippen LogP contribution in [0.2, 0.25) is 0 Å². The van der Waals surface area contributed by atoms with Crippen LogP contribution in [0, 0.1) is 13.8 Å². The minimum absolute atomic E-state index is 0.0807. The van der Waals surface area contributed by atoms with Crippen molar-refractivity contribution in [1.82, 2.24) is 24.6 Å². The second-order valence-corrected chi connectivity index (χ2v) is 7.24. The topological polar surface area (TPSA) is 64.7 Å². The average Bonchev–Trinajstić information content (AvgIpc) is 3.34. The highest BCUT2D eigenvalue weighted by Crippen LogP contribution is 2.25. The van der Waals surface area contributed by atoms with E-state index in [0.29, 0.717) is 6.54 Å². The Bertz CT molecular complexity index is 1050. The van der Waals surface area contributed by atoms with Gasteiger partial charge in [0.2, 0.25) is 5.91 Å². The predicted molar refractivity (Wildman–Crippen MR) is 102 cm³/mol. The van der Waals surface area contributed by atoms with Gasteiger partial charge in [-0.25, -0.2) is 9.67 Å². The molecule has 132 valence electrons. The molecule has 0 aliphatic rings. The van der Waals surface area contributed by atoms with Crippen LogP contribution in [-0.4, -0.2) is 25.2 Å². The van der Waals surface area contributed by atoms with Crippen molar-refractivity contribution in [2.24, 2.45) is 0 Å². The largest absolute Gasteiger partial charge is 0.350 e. The molecule has 4 aromatic rings. The highest BCUT2D eigenvalue weighted by Gasteiger charge is 2.17. The van der Waals surface area contributed by atoms with Crippen LogP contribution < -0.4 is 5.32 Å². The van der Waals surface area contributed by atoms with Crippen LogP contribution >= 0.6 is 11.3 Å². The molecule has 0 aromatic carbocycles. The summed E-state index contributed by atoms with van der Waals surface area (Å²) in [4.78, 5) is 18.2. The second-order valence-electron chi connectivity index (χ2n) is 6.21. The van der Waals surface area contributed by atoms with E-state index >= 15 is 0 Å². The second kappa shape index (κ2) is 6.76. The Morgan fingerprint density at radius 3 is 2.77 bits per heavy atom. The van der Waals surface area contributed by atoms with E-state index < -0.39 is 0 Å². The number of aryl methyl sites for hydroxylation is 2. The fraction of sp³-hybridized carbons (Fsp3) is 0.211. The molecule has 6 nitrogen and oxygen atoms in total. The summed E-state index contributed by atoms with van der Waals surface area (Å²) in [7, 11) is 0. The molecule has 26 heavy (non-hydrogen) atoms. The number of aromatic nitrogens is 4. The number of nitrogens with one attached hydrogen (secondary N) is 1. The fourth-order valence-corrected chi connectivity index (χ4v) is 3.69. The maximum Gasteiger partial charge on any atom is 0.242 e. The van der Waals surface area contributed by atoms with E-state index in [1.54, 1.807) is 16.0 Å². The maximum atomic E-state index is 12.4. The number of carbonyl (C=O) groups is 1. The number of amides is 1. The molecular weight excluding hydrogens is 346 g/mol. The van der Waals surface area contributed by atoms with E-state index in [1.807, 2.05) is 66.5 Å². The molecule has 4 heterocycles. The standard InChI is InChI=1S/C19H19N5OS/c1-13-10-14(2)21-18-17(13)19(23-7-3-4-8-23)22-24(18)12-16(25)20-11-15-6-5-9-26-15/h3-10H,11-12H2,1-2H3,(H,20,25). The molecule has 0 unspecified atom stereocenters. The summed E-state index contributed by atoms with van der Waals surface area (Å²) < 4.78 is 3.64. The zero-order chi connectivity index (χ0) is 18.1. The summed E-state index contributed by atoms with van der Waals surface area (Å²) in [6.07, 6.45) is 3.89. The Balaban J connectivity index is 1.67. The highest BCUT2D eigenvalue weighted by molar-refractivity contribution is 7.09. The van der Waals surface area contributed by atoms with Crippen LogP contribution in [-0.2, 0) is 17.9 Å². The first-order chi connectivity index (χ1) is 12.6. The van der Waals surface area contributed by atoms with Gasteiger partial charge in [-0.1, -0.05) is 6.07 Å². The van der Waals surface area contributed by atoms with Crippen LogP contribution in [0.1, 0.15) is 16.1 Å². The van der Waals surface area contributed by atoms with Gasteiger partial charge >= 0.3 is 0 Å². The van der Waals surface area contributed by atoms with E-state index in [0.717, 1.165) is 33.0 Å². The van der Waals surface area contributed by atoms with Gasteiger partial charge in [0.1, 0.15) is 6.54 Å². The molecule has 0 bridgehead atoms. The molecule has 0 saturated carbocycles. The lowest BCUT2D eigenvalue weighted by atomic mass is 10.2. The van der Waals surface area contributed by atoms with Crippen molar-refractivity contribution in [1.29, 1.82) is 0 Å². The molecule has 0 atom stereocenters. The van der Waals surface area contributed by atoms with Gasteiger partial charge in [0.25, 0.3) is 0 Å². The van der Waals surface area contributed by atoms with Gasteiger partial charge < -0.3 is 9.88 Å². The first-order valence-electron chi connectivity index (χ1n) is 8.39. The summed E-state index contributed by atoms with van der Waals surface area (Å²) in [5, 5.41) is 10.6. The van der Waals surface area contributed by atoms with Crippen LogP contribution in [0.5, 0.6) is 0 Å². The monoisotopic (exact) mass is 365 g/mol. The number of hydrogen-bond acceptors (Lipinski definition) is 4. The lowest BCUT2D eigenvalue weighted by Gasteiger charge is -2.05. The summed E-state index contributed by atoms with van der Waals surface area (Å²) in [6.45, 7) is 4.67. The molecule has 4 rings (SSSR count). The minimum atomic E-state index is -0.0807. The molecule has 1 amide bonds. The lowest BCUT2D eigenvalue weighted by molar-refractivity contribution is -0.121. The van der Waals surface area contributed by atoms with Gasteiger partial charge in [-0.2, -0.15) is 5.10 Å². The Kier molecular flexibility index (Phi) is 4.30. The summed E-state index contributed by atoms with van der Waals surface area (Å²) >= 11 is 1.63. The maximum absolute atomic E-state index is 12.4. The molecule has 0 fully saturated rings. The molecule has 0 spiro atoms. The molecule has 0 aliphatic heterocycles. The molecule has 1 N–H and O–H groups in total. The van der Waals surface area contributed by atoms with Crippen molar-refractivity contribution in [2.75, 3.05) is 0 Å². The van der Waals surface area contributed by atoms with Gasteiger partial charge in [-0.05, 0) is 49.1 Å². The number of pyridine rings is 1. The van der Waals surface area contributed by atoms with Crippen molar-refractivity contribution in [2.45, 2.75) is 26.9 Å². The number of nitrogens with zero attached hydrogens (tertiary/aromatic N) is 4. The zero-order valence-electron chi connectivity index (χ0n) is 14.6. The summed E-state index contributed by atoms with van der Waals surface area (Å²) in [6, 6.07) is 9.93. The number of fused-ring (bicyclic) bond motifs is 1. The van der Waals surface area contributed by atoms with Gasteiger partial charge in [-0.15, -0.1) is 11.3 Å². The molecule has 0 aliphatic carbocycles. The van der Waals surface area contributed by atoms with Crippen molar-refractivity contribution < 1.29 is 4.79 Å². The third-order valence-electron chi connectivity index (χ3n) is 4.19. The lowest BCUT2D eigenvalue weighted by Crippen LogP contribution is -2.27.